The van der Waals surface area contributed by atoms with Crippen molar-refractivity contribution in [2.24, 2.45) is 0 Å². The largest absolute Gasteiger partial charge is 0.512 e. The van der Waals surface area contributed by atoms with Crippen LogP contribution in [0.25, 0.3) is 0 Å². The van der Waals surface area contributed by atoms with Crippen LogP contribution in [0.1, 0.15) is 25.7 Å². The zero-order valence-corrected chi connectivity index (χ0v) is 9.26. The van der Waals surface area contributed by atoms with Crippen LogP contribution in [0.3, 0.4) is 0 Å². The number of hydrogen-bond acceptors (Lipinski definition) is 1. The average Bonchev–Trinajstić information content (AvgIpc) is 2.65. The fourth-order valence-corrected chi connectivity index (χ4v) is 1.67. The van der Waals surface area contributed by atoms with Crippen molar-refractivity contribution in [1.82, 2.24) is 0 Å². The monoisotopic (exact) mass is 242 g/mol. The van der Waals surface area contributed by atoms with Gasteiger partial charge in [-0.1, -0.05) is 46.7 Å². The zero-order chi connectivity index (χ0) is 9.52. The molecule has 1 N–H and O–H groups in total. The van der Waals surface area contributed by atoms with Gasteiger partial charge in [-0.15, -0.1) is 0 Å². The van der Waals surface area contributed by atoms with E-state index < -0.39 is 0 Å². The van der Waals surface area contributed by atoms with E-state index in [0.717, 1.165) is 23.7 Å². The van der Waals surface area contributed by atoms with Crippen LogP contribution in [0.4, 0.5) is 0 Å². The Morgan fingerprint density at radius 1 is 1.15 bits per heavy atom. The van der Waals surface area contributed by atoms with Crippen molar-refractivity contribution in [1.29, 1.82) is 0 Å². The van der Waals surface area contributed by atoms with Gasteiger partial charge in [0.15, 0.2) is 0 Å². The average molecular weight is 243 g/mol. The van der Waals surface area contributed by atoms with Crippen LogP contribution in [0, 0.1) is 0 Å². The van der Waals surface area contributed by atoms with Crippen molar-refractivity contribution in [3.05, 3.63) is 35.6 Å². The lowest BCUT2D eigenvalue weighted by molar-refractivity contribution is 0.378. The third kappa shape index (κ3) is 3.81. The molecule has 0 atom stereocenters. The van der Waals surface area contributed by atoms with E-state index in [4.69, 9.17) is 0 Å². The van der Waals surface area contributed by atoms with Crippen molar-refractivity contribution < 1.29 is 5.11 Å². The molecule has 72 valence electrons. The first-order valence-corrected chi connectivity index (χ1v) is 5.79. The van der Waals surface area contributed by atoms with Gasteiger partial charge in [0.1, 0.15) is 0 Å². The van der Waals surface area contributed by atoms with E-state index in [9.17, 15) is 5.11 Å². The summed E-state index contributed by atoms with van der Waals surface area (Å²) < 4.78 is 0. The van der Waals surface area contributed by atoms with Crippen LogP contribution < -0.4 is 0 Å². The fourth-order valence-electron chi connectivity index (χ4n) is 1.27. The topological polar surface area (TPSA) is 20.2 Å². The molecule has 0 heterocycles. The first-order chi connectivity index (χ1) is 6.34. The van der Waals surface area contributed by atoms with Gasteiger partial charge < -0.3 is 5.11 Å². The molecule has 0 unspecified atom stereocenters. The molecule has 1 rings (SSSR count). The maximum atomic E-state index is 9.61. The van der Waals surface area contributed by atoms with Crippen LogP contribution in [0.2, 0.25) is 0 Å². The molecular weight excluding hydrogens is 228 g/mol. The van der Waals surface area contributed by atoms with Gasteiger partial charge in [-0.2, -0.15) is 0 Å². The molecule has 0 bridgehead atoms. The standard InChI is InChI=1S/C11H15BrO/c12-9-5-1-2-8-11(13)10-6-3-4-7-10/h3-4,6-7,13H,1-2,5,8-9H2. The third-order valence-electron chi connectivity index (χ3n) is 2.04. The second kappa shape index (κ2) is 6.03. The number of alkyl halides is 1. The van der Waals surface area contributed by atoms with E-state index in [2.05, 4.69) is 15.9 Å². The molecule has 1 nitrogen and oxygen atoms in total. The molecule has 0 radical (unpaired) electrons. The van der Waals surface area contributed by atoms with Crippen molar-refractivity contribution in [2.45, 2.75) is 25.7 Å². The highest BCUT2D eigenvalue weighted by atomic mass is 79.9. The molecule has 0 aromatic carbocycles. The van der Waals surface area contributed by atoms with Gasteiger partial charge in [0.25, 0.3) is 0 Å². The molecule has 0 spiro atoms. The molecule has 0 aromatic heterocycles. The predicted octanol–water partition coefficient (Wildman–Crippen LogP) is 3.88. The normalized spacial score (nSPS) is 14.1. The highest BCUT2D eigenvalue weighted by Gasteiger charge is 2.01. The Balaban J connectivity index is 2.24. The molecule has 1 aliphatic carbocycles. The Morgan fingerprint density at radius 2 is 1.85 bits per heavy atom. The van der Waals surface area contributed by atoms with Crippen molar-refractivity contribution in [2.75, 3.05) is 5.33 Å². The van der Waals surface area contributed by atoms with Crippen molar-refractivity contribution in [3.8, 4) is 0 Å². The van der Waals surface area contributed by atoms with Gasteiger partial charge in [0.05, 0.1) is 5.76 Å². The van der Waals surface area contributed by atoms with E-state index in [0.29, 0.717) is 5.76 Å². The molecule has 1 aliphatic rings. The number of halogens is 1. The summed E-state index contributed by atoms with van der Waals surface area (Å²) in [6.45, 7) is 0. The van der Waals surface area contributed by atoms with Crippen molar-refractivity contribution in [3.63, 3.8) is 0 Å². The molecule has 0 saturated heterocycles. The molecule has 0 aliphatic heterocycles. The minimum Gasteiger partial charge on any atom is -0.512 e. The zero-order valence-electron chi connectivity index (χ0n) is 7.67. The number of hydrogen-bond donors (Lipinski definition) is 1. The van der Waals surface area contributed by atoms with E-state index in [1.165, 1.54) is 12.8 Å². The van der Waals surface area contributed by atoms with Gasteiger partial charge >= 0.3 is 0 Å². The maximum absolute atomic E-state index is 9.61. The summed E-state index contributed by atoms with van der Waals surface area (Å²) in [7, 11) is 0. The Kier molecular flexibility index (Phi) is 4.91. The summed E-state index contributed by atoms with van der Waals surface area (Å²) in [5.41, 5.74) is 0.971. The van der Waals surface area contributed by atoms with Crippen LogP contribution in [0.15, 0.2) is 35.6 Å². The number of rotatable bonds is 5. The van der Waals surface area contributed by atoms with E-state index in [-0.39, 0.29) is 0 Å². The van der Waals surface area contributed by atoms with E-state index in [1.807, 2.05) is 24.3 Å². The van der Waals surface area contributed by atoms with Gasteiger partial charge in [0.2, 0.25) is 0 Å². The number of unbranched alkanes of at least 4 members (excludes halogenated alkanes) is 2. The Bertz CT molecular complexity index is 224. The summed E-state index contributed by atoms with van der Waals surface area (Å²) in [6, 6.07) is 0. The number of aliphatic hydroxyl groups excluding tert-OH is 1. The summed E-state index contributed by atoms with van der Waals surface area (Å²) >= 11 is 3.39. The Morgan fingerprint density at radius 3 is 2.46 bits per heavy atom. The molecule has 13 heavy (non-hydrogen) atoms. The lowest BCUT2D eigenvalue weighted by Crippen LogP contribution is -1.87. The van der Waals surface area contributed by atoms with E-state index in [1.54, 1.807) is 0 Å². The lowest BCUT2D eigenvalue weighted by Gasteiger charge is -2.01. The molecule has 2 heteroatoms. The minimum absolute atomic E-state index is 0.527. The smallest absolute Gasteiger partial charge is 0.0994 e. The number of aliphatic hydroxyl groups is 1. The second-order valence-electron chi connectivity index (χ2n) is 3.12. The Hall–Kier alpha value is -0.500. The van der Waals surface area contributed by atoms with Crippen LogP contribution in [-0.2, 0) is 0 Å². The quantitative estimate of drug-likeness (QED) is 0.441. The van der Waals surface area contributed by atoms with Crippen molar-refractivity contribution >= 4 is 15.9 Å². The molecule has 0 aromatic rings. The highest BCUT2D eigenvalue weighted by Crippen LogP contribution is 2.16. The van der Waals surface area contributed by atoms with Gasteiger partial charge in [-0.05, 0) is 12.8 Å². The van der Waals surface area contributed by atoms with Gasteiger partial charge in [-0.3, -0.25) is 0 Å². The third-order valence-corrected chi connectivity index (χ3v) is 2.60. The second-order valence-corrected chi connectivity index (χ2v) is 3.91. The molecule has 0 fully saturated rings. The summed E-state index contributed by atoms with van der Waals surface area (Å²) in [4.78, 5) is 0. The summed E-state index contributed by atoms with van der Waals surface area (Å²) in [5.74, 6) is 0.527. The fraction of sp³-hybridized carbons (Fsp3) is 0.455. The predicted molar refractivity (Wildman–Crippen MR) is 60.2 cm³/mol. The summed E-state index contributed by atoms with van der Waals surface area (Å²) in [5, 5.41) is 10.7. The minimum atomic E-state index is 0.527. The first-order valence-electron chi connectivity index (χ1n) is 4.67. The number of allylic oxidation sites excluding steroid dienone is 6. The Labute approximate surface area is 88.0 Å². The summed E-state index contributed by atoms with van der Waals surface area (Å²) in [6.07, 6.45) is 12.0. The van der Waals surface area contributed by atoms with Gasteiger partial charge in [-0.25, -0.2) is 0 Å². The maximum Gasteiger partial charge on any atom is 0.0994 e. The van der Waals surface area contributed by atoms with Gasteiger partial charge in [0, 0.05) is 17.3 Å². The molecule has 0 amide bonds. The van der Waals surface area contributed by atoms with Crippen LogP contribution in [-0.4, -0.2) is 10.4 Å². The van der Waals surface area contributed by atoms with Crippen LogP contribution in [0.5, 0.6) is 0 Å². The molecular formula is C11H15BrO. The van der Waals surface area contributed by atoms with Crippen LogP contribution >= 0.6 is 15.9 Å². The molecule has 0 saturated carbocycles. The van der Waals surface area contributed by atoms with E-state index >= 15 is 0 Å². The first kappa shape index (κ1) is 10.6. The highest BCUT2D eigenvalue weighted by molar-refractivity contribution is 9.09. The SMILES string of the molecule is OC(CCCCCBr)=C1C=CC=C1. The lowest BCUT2D eigenvalue weighted by atomic mass is 10.1.